The molecule has 0 N–H and O–H groups in total. The third kappa shape index (κ3) is 6.68. The van der Waals surface area contributed by atoms with Crippen LogP contribution >= 0.6 is 0 Å². The number of hydrogen-bond acceptors (Lipinski definition) is 4. The van der Waals surface area contributed by atoms with Crippen LogP contribution in [0.4, 0.5) is 0 Å². The van der Waals surface area contributed by atoms with Gasteiger partial charge in [0.25, 0.3) is 0 Å². The molecule has 1 aromatic heterocycles. The minimum atomic E-state index is -0.677. The lowest BCUT2D eigenvalue weighted by molar-refractivity contribution is -0.173. The highest BCUT2D eigenvalue weighted by atomic mass is 16.6. The van der Waals surface area contributed by atoms with Gasteiger partial charge >= 0.3 is 5.97 Å². The minimum absolute atomic E-state index is 0.258. The molecular formula is C22H30O4. The molecule has 0 amide bonds. The number of furan rings is 1. The van der Waals surface area contributed by atoms with Gasteiger partial charge < -0.3 is 13.9 Å². The predicted octanol–water partition coefficient (Wildman–Crippen LogP) is 5.48. The lowest BCUT2D eigenvalue weighted by atomic mass is 10.1. The first-order valence-corrected chi connectivity index (χ1v) is 9.34. The second-order valence-corrected chi connectivity index (χ2v) is 7.49. The highest BCUT2D eigenvalue weighted by Crippen LogP contribution is 2.27. The number of benzene rings is 1. The molecule has 4 nitrogen and oxygen atoms in total. The third-order valence-electron chi connectivity index (χ3n) is 3.94. The molecule has 2 atom stereocenters. The van der Waals surface area contributed by atoms with Crippen molar-refractivity contribution < 1.29 is 18.7 Å². The Morgan fingerprint density at radius 2 is 1.85 bits per heavy atom. The topological polar surface area (TPSA) is 48.7 Å². The number of hydrogen-bond donors (Lipinski definition) is 0. The molecule has 0 aliphatic heterocycles. The molecule has 0 bridgehead atoms. The third-order valence-corrected chi connectivity index (χ3v) is 3.94. The first kappa shape index (κ1) is 20.2. The monoisotopic (exact) mass is 358 g/mol. The molecule has 0 saturated heterocycles. The van der Waals surface area contributed by atoms with Crippen LogP contribution in [0.15, 0.2) is 53.1 Å². The summed E-state index contributed by atoms with van der Waals surface area (Å²) in [5, 5.41) is 0. The number of esters is 1. The normalized spacial score (nSPS) is 14.0. The molecule has 0 aliphatic rings. The summed E-state index contributed by atoms with van der Waals surface area (Å²) < 4.78 is 17.4. The van der Waals surface area contributed by atoms with Gasteiger partial charge in [-0.2, -0.15) is 0 Å². The molecule has 0 radical (unpaired) electrons. The standard InChI is InChI=1S/C22H30O4/c1-5-6-13-19(18-14-10-15-24-18)25-20(21(23)26-22(2,3)4)16-17-11-8-7-9-12-17/h7-12,14-15,19-20H,5-6,13,16H2,1-4H3. The highest BCUT2D eigenvalue weighted by molar-refractivity contribution is 5.75. The van der Waals surface area contributed by atoms with E-state index in [9.17, 15) is 4.79 Å². The maximum Gasteiger partial charge on any atom is 0.336 e. The molecule has 0 fully saturated rings. The number of carbonyl (C=O) groups excluding carboxylic acids is 1. The van der Waals surface area contributed by atoms with E-state index in [0.29, 0.717) is 6.42 Å². The van der Waals surface area contributed by atoms with Gasteiger partial charge in [0.2, 0.25) is 0 Å². The molecule has 4 heteroatoms. The van der Waals surface area contributed by atoms with Gasteiger partial charge in [0.05, 0.1) is 6.26 Å². The molecule has 1 heterocycles. The Balaban J connectivity index is 2.18. The Morgan fingerprint density at radius 3 is 2.42 bits per heavy atom. The first-order valence-electron chi connectivity index (χ1n) is 9.34. The Morgan fingerprint density at radius 1 is 1.12 bits per heavy atom. The summed E-state index contributed by atoms with van der Waals surface area (Å²) in [5.41, 5.74) is 0.482. The van der Waals surface area contributed by atoms with E-state index in [1.54, 1.807) is 6.26 Å². The largest absolute Gasteiger partial charge is 0.467 e. The molecule has 0 saturated carbocycles. The van der Waals surface area contributed by atoms with E-state index in [-0.39, 0.29) is 12.1 Å². The van der Waals surface area contributed by atoms with Crippen LogP contribution in [0.5, 0.6) is 0 Å². The second-order valence-electron chi connectivity index (χ2n) is 7.49. The van der Waals surface area contributed by atoms with Crippen molar-refractivity contribution in [2.24, 2.45) is 0 Å². The van der Waals surface area contributed by atoms with Crippen molar-refractivity contribution in [2.75, 3.05) is 0 Å². The molecule has 2 rings (SSSR count). The van der Waals surface area contributed by atoms with Gasteiger partial charge in [0.15, 0.2) is 6.10 Å². The van der Waals surface area contributed by atoms with Crippen molar-refractivity contribution >= 4 is 5.97 Å². The van der Waals surface area contributed by atoms with Gasteiger partial charge in [-0.25, -0.2) is 4.79 Å². The summed E-state index contributed by atoms with van der Waals surface area (Å²) in [4.78, 5) is 12.8. The van der Waals surface area contributed by atoms with Gasteiger partial charge in [-0.1, -0.05) is 50.1 Å². The van der Waals surface area contributed by atoms with Crippen molar-refractivity contribution in [2.45, 2.75) is 71.2 Å². The van der Waals surface area contributed by atoms with E-state index in [4.69, 9.17) is 13.9 Å². The number of ether oxygens (including phenoxy) is 2. The molecule has 0 aliphatic carbocycles. The van der Waals surface area contributed by atoms with Crippen molar-refractivity contribution in [3.63, 3.8) is 0 Å². The average molecular weight is 358 g/mol. The second kappa shape index (κ2) is 9.58. The lowest BCUT2D eigenvalue weighted by Gasteiger charge is -2.27. The Bertz CT molecular complexity index is 641. The summed E-state index contributed by atoms with van der Waals surface area (Å²) >= 11 is 0. The van der Waals surface area contributed by atoms with E-state index in [0.717, 1.165) is 30.6 Å². The molecule has 0 spiro atoms. The van der Waals surface area contributed by atoms with E-state index in [1.807, 2.05) is 63.2 Å². The van der Waals surface area contributed by atoms with Gasteiger partial charge in [-0.15, -0.1) is 0 Å². The van der Waals surface area contributed by atoms with Crippen LogP contribution in [0.1, 0.15) is 64.4 Å². The maximum absolute atomic E-state index is 12.8. The summed E-state index contributed by atoms with van der Waals surface area (Å²) in [6.07, 6.45) is 4.03. The van der Waals surface area contributed by atoms with Crippen LogP contribution in [-0.2, 0) is 20.7 Å². The Kier molecular flexibility index (Phi) is 7.46. The van der Waals surface area contributed by atoms with Crippen LogP contribution < -0.4 is 0 Å². The van der Waals surface area contributed by atoms with E-state index < -0.39 is 11.7 Å². The zero-order valence-corrected chi connectivity index (χ0v) is 16.2. The Labute approximate surface area is 156 Å². The van der Waals surface area contributed by atoms with Gasteiger partial charge in [0, 0.05) is 6.42 Å². The van der Waals surface area contributed by atoms with Crippen molar-refractivity contribution in [1.82, 2.24) is 0 Å². The van der Waals surface area contributed by atoms with Crippen molar-refractivity contribution in [3.05, 3.63) is 60.1 Å². The molecule has 142 valence electrons. The van der Waals surface area contributed by atoms with E-state index >= 15 is 0 Å². The Hall–Kier alpha value is -2.07. The molecule has 2 aromatic rings. The summed E-state index contributed by atoms with van der Waals surface area (Å²) in [6.45, 7) is 7.73. The molecular weight excluding hydrogens is 328 g/mol. The molecule has 1 aromatic carbocycles. The maximum atomic E-state index is 12.8. The first-order chi connectivity index (χ1) is 12.4. The summed E-state index contributed by atoms with van der Waals surface area (Å²) in [7, 11) is 0. The van der Waals surface area contributed by atoms with Gasteiger partial charge in [0.1, 0.15) is 17.5 Å². The van der Waals surface area contributed by atoms with Crippen LogP contribution in [0.25, 0.3) is 0 Å². The fourth-order valence-electron chi connectivity index (χ4n) is 2.72. The minimum Gasteiger partial charge on any atom is -0.467 e. The number of carbonyl (C=O) groups is 1. The lowest BCUT2D eigenvalue weighted by Crippen LogP contribution is -2.35. The van der Waals surface area contributed by atoms with Crippen molar-refractivity contribution in [3.8, 4) is 0 Å². The molecule has 26 heavy (non-hydrogen) atoms. The van der Waals surface area contributed by atoms with Crippen LogP contribution in [0.2, 0.25) is 0 Å². The quantitative estimate of drug-likeness (QED) is 0.557. The van der Waals surface area contributed by atoms with Gasteiger partial charge in [-0.3, -0.25) is 0 Å². The van der Waals surface area contributed by atoms with Crippen LogP contribution in [0, 0.1) is 0 Å². The van der Waals surface area contributed by atoms with E-state index in [2.05, 4.69) is 6.92 Å². The zero-order chi connectivity index (χ0) is 19.0. The summed E-state index contributed by atoms with van der Waals surface area (Å²) in [5.74, 6) is 0.412. The fourth-order valence-corrected chi connectivity index (χ4v) is 2.72. The zero-order valence-electron chi connectivity index (χ0n) is 16.2. The summed E-state index contributed by atoms with van der Waals surface area (Å²) in [6, 6.07) is 13.6. The van der Waals surface area contributed by atoms with Gasteiger partial charge in [-0.05, 0) is 44.9 Å². The number of unbranched alkanes of at least 4 members (excludes halogenated alkanes) is 1. The van der Waals surface area contributed by atoms with Crippen molar-refractivity contribution in [1.29, 1.82) is 0 Å². The predicted molar refractivity (Wildman–Crippen MR) is 102 cm³/mol. The smallest absolute Gasteiger partial charge is 0.336 e. The SMILES string of the molecule is CCCCC(OC(Cc1ccccc1)C(=O)OC(C)(C)C)c1ccco1. The average Bonchev–Trinajstić information content (AvgIpc) is 3.11. The molecule has 2 unspecified atom stereocenters. The van der Waals surface area contributed by atoms with E-state index in [1.165, 1.54) is 0 Å². The van der Waals surface area contributed by atoms with Crippen LogP contribution in [0.3, 0.4) is 0 Å². The number of rotatable bonds is 9. The van der Waals surface area contributed by atoms with Crippen LogP contribution in [-0.4, -0.2) is 17.7 Å². The fraction of sp³-hybridized carbons (Fsp3) is 0.500. The highest BCUT2D eigenvalue weighted by Gasteiger charge is 2.30.